The van der Waals surface area contributed by atoms with Crippen LogP contribution in [0.3, 0.4) is 0 Å². The number of benzene rings is 1. The predicted octanol–water partition coefficient (Wildman–Crippen LogP) is 4.22. The van der Waals surface area contributed by atoms with E-state index >= 15 is 0 Å². The van der Waals surface area contributed by atoms with Crippen LogP contribution in [0.1, 0.15) is 28.3 Å². The first-order valence-corrected chi connectivity index (χ1v) is 7.08. The van der Waals surface area contributed by atoms with Crippen LogP contribution in [0.4, 0.5) is 0 Å². The topological polar surface area (TPSA) is 38.0 Å². The summed E-state index contributed by atoms with van der Waals surface area (Å²) in [4.78, 5) is 0. The van der Waals surface area contributed by atoms with Crippen molar-refractivity contribution in [1.82, 2.24) is 5.43 Å². The highest BCUT2D eigenvalue weighted by Gasteiger charge is 2.20. The molecule has 0 radical (unpaired) electrons. The summed E-state index contributed by atoms with van der Waals surface area (Å²) in [5, 5.41) is 0. The van der Waals surface area contributed by atoms with Crippen molar-refractivity contribution in [2.45, 2.75) is 19.9 Å². The van der Waals surface area contributed by atoms with E-state index in [1.54, 1.807) is 0 Å². The van der Waals surface area contributed by atoms with Crippen LogP contribution in [0, 0.1) is 13.8 Å². The second-order valence-corrected chi connectivity index (χ2v) is 6.45. The van der Waals surface area contributed by atoms with Crippen LogP contribution in [-0.4, -0.2) is 0 Å². The van der Waals surface area contributed by atoms with E-state index in [0.717, 1.165) is 11.1 Å². The molecule has 96 valence electrons. The fraction of sp³-hybridized carbons (Fsp3) is 0.231. The van der Waals surface area contributed by atoms with E-state index in [9.17, 15) is 0 Å². The van der Waals surface area contributed by atoms with Gasteiger partial charge >= 0.3 is 0 Å². The summed E-state index contributed by atoms with van der Waals surface area (Å²) in [5.41, 5.74) is 7.29. The van der Waals surface area contributed by atoms with Crippen LogP contribution in [0.15, 0.2) is 24.3 Å². The molecule has 0 saturated heterocycles. The third-order valence-electron chi connectivity index (χ3n) is 3.12. The predicted molar refractivity (Wildman–Crippen MR) is 79.4 cm³/mol. The maximum Gasteiger partial charge on any atom is 0.0995 e. The van der Waals surface area contributed by atoms with Crippen molar-refractivity contribution in [3.8, 4) is 0 Å². The molecule has 1 heterocycles. The minimum absolute atomic E-state index is 0.138. The number of aryl methyl sites for hydroxylation is 1. The second kappa shape index (κ2) is 5.59. The number of halogens is 2. The van der Waals surface area contributed by atoms with Crippen LogP contribution in [0.5, 0.6) is 0 Å². The molecule has 0 fully saturated rings. The minimum atomic E-state index is -0.138. The second-order valence-electron chi connectivity index (χ2n) is 4.17. The molecule has 0 saturated carbocycles. The fourth-order valence-corrected chi connectivity index (χ4v) is 3.52. The Morgan fingerprint density at radius 3 is 2.50 bits per heavy atom. The van der Waals surface area contributed by atoms with Gasteiger partial charge in [0.2, 0.25) is 0 Å². The number of nitrogens with two attached hydrogens (primary N) is 1. The summed E-state index contributed by atoms with van der Waals surface area (Å²) in [6.45, 7) is 4.16. The summed E-state index contributed by atoms with van der Waals surface area (Å²) in [7, 11) is 0. The molecule has 1 atom stereocenters. The summed E-state index contributed by atoms with van der Waals surface area (Å²) in [6.07, 6.45) is 0. The van der Waals surface area contributed by atoms with Gasteiger partial charge < -0.3 is 0 Å². The number of thiophene rings is 1. The molecule has 2 rings (SSSR count). The van der Waals surface area contributed by atoms with Crippen LogP contribution >= 0.6 is 34.5 Å². The molecule has 1 aromatic carbocycles. The van der Waals surface area contributed by atoms with Gasteiger partial charge in [-0.2, -0.15) is 0 Å². The quantitative estimate of drug-likeness (QED) is 0.658. The molecule has 3 N–H and O–H groups in total. The first-order chi connectivity index (χ1) is 8.54. The van der Waals surface area contributed by atoms with Gasteiger partial charge in [0.25, 0.3) is 0 Å². The highest BCUT2D eigenvalue weighted by molar-refractivity contribution is 7.20. The molecule has 0 amide bonds. The van der Waals surface area contributed by atoms with Crippen molar-refractivity contribution >= 4 is 34.5 Å². The molecule has 0 aliphatic heterocycles. The normalized spacial score (nSPS) is 12.7. The van der Waals surface area contributed by atoms with Crippen LogP contribution in [0.2, 0.25) is 8.67 Å². The van der Waals surface area contributed by atoms with Crippen LogP contribution < -0.4 is 11.3 Å². The van der Waals surface area contributed by atoms with Gasteiger partial charge in [0.1, 0.15) is 0 Å². The van der Waals surface area contributed by atoms with E-state index in [0.29, 0.717) is 8.67 Å². The Balaban J connectivity index is 2.52. The van der Waals surface area contributed by atoms with Crippen LogP contribution in [0.25, 0.3) is 0 Å². The average Bonchev–Trinajstić information content (AvgIpc) is 2.65. The molecule has 1 aromatic heterocycles. The lowest BCUT2D eigenvalue weighted by molar-refractivity contribution is 0.635. The molecule has 2 nitrogen and oxygen atoms in total. The zero-order chi connectivity index (χ0) is 13.3. The van der Waals surface area contributed by atoms with E-state index < -0.39 is 0 Å². The number of hydrogen-bond donors (Lipinski definition) is 2. The fourth-order valence-electron chi connectivity index (χ4n) is 1.98. The van der Waals surface area contributed by atoms with Gasteiger partial charge in [-0.1, -0.05) is 41.4 Å². The zero-order valence-electron chi connectivity index (χ0n) is 10.1. The molecule has 0 bridgehead atoms. The van der Waals surface area contributed by atoms with E-state index in [2.05, 4.69) is 31.4 Å². The first-order valence-electron chi connectivity index (χ1n) is 5.51. The molecular formula is C13H14Cl2N2S. The lowest BCUT2D eigenvalue weighted by atomic mass is 9.94. The van der Waals surface area contributed by atoms with E-state index in [1.807, 2.05) is 12.1 Å². The molecule has 0 aliphatic carbocycles. The van der Waals surface area contributed by atoms with Crippen LogP contribution in [-0.2, 0) is 0 Å². The maximum atomic E-state index is 6.20. The highest BCUT2D eigenvalue weighted by atomic mass is 35.5. The Labute approximate surface area is 121 Å². The summed E-state index contributed by atoms with van der Waals surface area (Å²) < 4.78 is 1.34. The smallest absolute Gasteiger partial charge is 0.0995 e. The van der Waals surface area contributed by atoms with Gasteiger partial charge in [-0.05, 0) is 36.6 Å². The molecule has 5 heteroatoms. The lowest BCUT2D eigenvalue weighted by Crippen LogP contribution is -2.29. The maximum absolute atomic E-state index is 6.20. The summed E-state index contributed by atoms with van der Waals surface area (Å²) in [5.74, 6) is 5.69. The average molecular weight is 301 g/mol. The van der Waals surface area contributed by atoms with Gasteiger partial charge in [0.15, 0.2) is 0 Å². The lowest BCUT2D eigenvalue weighted by Gasteiger charge is -2.19. The highest BCUT2D eigenvalue weighted by Crippen LogP contribution is 2.38. The summed E-state index contributed by atoms with van der Waals surface area (Å²) >= 11 is 13.5. The van der Waals surface area contributed by atoms with Gasteiger partial charge in [0, 0.05) is 5.56 Å². The number of rotatable bonds is 3. The zero-order valence-corrected chi connectivity index (χ0v) is 12.5. The SMILES string of the molecule is Cc1cccc(C(NN)c2cc(Cl)sc2Cl)c1C. The van der Waals surface area contributed by atoms with Gasteiger partial charge in [0.05, 0.1) is 14.7 Å². The standard InChI is InChI=1S/C13H14Cl2N2S/c1-7-4-3-5-9(8(7)2)12(17-16)10-6-11(14)18-13(10)15/h3-6,12,17H,16H2,1-2H3. The number of nitrogens with one attached hydrogen (secondary N) is 1. The monoisotopic (exact) mass is 300 g/mol. The van der Waals surface area contributed by atoms with Crippen molar-refractivity contribution in [2.24, 2.45) is 5.84 Å². The van der Waals surface area contributed by atoms with Crippen molar-refractivity contribution < 1.29 is 0 Å². The Morgan fingerprint density at radius 2 is 1.94 bits per heavy atom. The Morgan fingerprint density at radius 1 is 1.22 bits per heavy atom. The van der Waals surface area contributed by atoms with Crippen molar-refractivity contribution in [3.63, 3.8) is 0 Å². The van der Waals surface area contributed by atoms with Gasteiger partial charge in [-0.3, -0.25) is 5.84 Å². The van der Waals surface area contributed by atoms with Crippen molar-refractivity contribution in [3.05, 3.63) is 55.2 Å². The Hall–Kier alpha value is -0.580. The number of hydrazine groups is 1. The molecule has 18 heavy (non-hydrogen) atoms. The van der Waals surface area contributed by atoms with Crippen molar-refractivity contribution in [1.29, 1.82) is 0 Å². The van der Waals surface area contributed by atoms with Crippen molar-refractivity contribution in [2.75, 3.05) is 0 Å². The third kappa shape index (κ3) is 2.56. The number of hydrogen-bond acceptors (Lipinski definition) is 3. The Bertz CT molecular complexity index is 566. The molecule has 0 spiro atoms. The Kier molecular flexibility index (Phi) is 4.30. The van der Waals surface area contributed by atoms with E-state index in [-0.39, 0.29) is 6.04 Å². The molecule has 0 aliphatic rings. The molecular weight excluding hydrogens is 287 g/mol. The first kappa shape index (κ1) is 13.8. The summed E-state index contributed by atoms with van der Waals surface area (Å²) in [6, 6.07) is 7.87. The molecule has 1 unspecified atom stereocenters. The van der Waals surface area contributed by atoms with Gasteiger partial charge in [-0.25, -0.2) is 5.43 Å². The van der Waals surface area contributed by atoms with Gasteiger partial charge in [-0.15, -0.1) is 11.3 Å². The van der Waals surface area contributed by atoms with E-state index in [1.165, 1.54) is 22.5 Å². The third-order valence-corrected chi connectivity index (χ3v) is 4.64. The largest absolute Gasteiger partial charge is 0.271 e. The van der Waals surface area contributed by atoms with E-state index in [4.69, 9.17) is 29.0 Å². The molecule has 2 aromatic rings. The minimum Gasteiger partial charge on any atom is -0.271 e.